The van der Waals surface area contributed by atoms with Gasteiger partial charge in [0.2, 0.25) is 10.0 Å². The molecule has 1 aliphatic rings. The van der Waals surface area contributed by atoms with Gasteiger partial charge >= 0.3 is 5.97 Å². The van der Waals surface area contributed by atoms with Gasteiger partial charge in [-0.3, -0.25) is 9.52 Å². The summed E-state index contributed by atoms with van der Waals surface area (Å²) in [7, 11) is -2.25. The number of rotatable bonds is 6. The lowest BCUT2D eigenvalue weighted by atomic mass is 10.3. The van der Waals surface area contributed by atoms with Crippen LogP contribution in [0.3, 0.4) is 0 Å². The number of benzene rings is 1. The Morgan fingerprint density at radius 2 is 2.00 bits per heavy atom. The van der Waals surface area contributed by atoms with Crippen molar-refractivity contribution in [3.8, 4) is 11.5 Å². The molecule has 0 radical (unpaired) electrons. The van der Waals surface area contributed by atoms with Crippen molar-refractivity contribution in [2.24, 2.45) is 0 Å². The Bertz CT molecular complexity index is 613. The number of esters is 1. The minimum Gasteiger partial charge on any atom is -0.486 e. The second kappa shape index (κ2) is 6.66. The van der Waals surface area contributed by atoms with Crippen molar-refractivity contribution in [3.05, 3.63) is 18.2 Å². The van der Waals surface area contributed by atoms with Crippen molar-refractivity contribution < 1.29 is 27.4 Å². The number of fused-ring (bicyclic) bond motifs is 1. The molecule has 1 aromatic carbocycles. The number of hydrogen-bond donors (Lipinski definition) is 1. The van der Waals surface area contributed by atoms with Gasteiger partial charge in [0.15, 0.2) is 11.5 Å². The highest BCUT2D eigenvalue weighted by Crippen LogP contribution is 2.32. The Labute approximate surface area is 123 Å². The normalized spacial score (nSPS) is 13.6. The molecule has 1 aliphatic heterocycles. The van der Waals surface area contributed by atoms with E-state index in [9.17, 15) is 13.2 Å². The monoisotopic (exact) mass is 315 g/mol. The highest BCUT2D eigenvalue weighted by molar-refractivity contribution is 7.92. The van der Waals surface area contributed by atoms with Crippen LogP contribution in [0.5, 0.6) is 11.5 Å². The number of nitrogens with one attached hydrogen (secondary N) is 1. The number of hydrogen-bond acceptors (Lipinski definition) is 6. The number of anilines is 1. The van der Waals surface area contributed by atoms with Crippen molar-refractivity contribution >= 4 is 21.7 Å². The minimum atomic E-state index is -3.52. The summed E-state index contributed by atoms with van der Waals surface area (Å²) in [4.78, 5) is 10.9. The van der Waals surface area contributed by atoms with Gasteiger partial charge in [-0.1, -0.05) is 0 Å². The van der Waals surface area contributed by atoms with Crippen molar-refractivity contribution in [2.45, 2.75) is 12.8 Å². The van der Waals surface area contributed by atoms with Crippen LogP contribution in [0, 0.1) is 0 Å². The van der Waals surface area contributed by atoms with E-state index in [0.29, 0.717) is 30.4 Å². The Morgan fingerprint density at radius 1 is 1.29 bits per heavy atom. The third kappa shape index (κ3) is 4.52. The van der Waals surface area contributed by atoms with E-state index in [1.807, 2.05) is 0 Å². The van der Waals surface area contributed by atoms with Gasteiger partial charge in [-0.25, -0.2) is 8.42 Å². The summed E-state index contributed by atoms with van der Waals surface area (Å²) in [6.45, 7) is 0.911. The van der Waals surface area contributed by atoms with Crippen molar-refractivity contribution in [3.63, 3.8) is 0 Å². The maximum Gasteiger partial charge on any atom is 0.305 e. The van der Waals surface area contributed by atoms with Gasteiger partial charge in [0.25, 0.3) is 0 Å². The van der Waals surface area contributed by atoms with Crippen molar-refractivity contribution in [2.75, 3.05) is 30.8 Å². The van der Waals surface area contributed by atoms with Gasteiger partial charge in [-0.15, -0.1) is 0 Å². The van der Waals surface area contributed by atoms with Crippen LogP contribution in [0.1, 0.15) is 12.8 Å². The first-order valence-electron chi connectivity index (χ1n) is 6.47. The van der Waals surface area contributed by atoms with Crippen LogP contribution in [-0.2, 0) is 19.6 Å². The van der Waals surface area contributed by atoms with E-state index < -0.39 is 16.0 Å². The first kappa shape index (κ1) is 15.4. The van der Waals surface area contributed by atoms with E-state index in [1.54, 1.807) is 18.2 Å². The quantitative estimate of drug-likeness (QED) is 0.792. The molecule has 1 heterocycles. The Kier molecular flexibility index (Phi) is 4.89. The molecule has 0 bridgehead atoms. The van der Waals surface area contributed by atoms with E-state index in [4.69, 9.17) is 9.47 Å². The summed E-state index contributed by atoms with van der Waals surface area (Å²) in [5.74, 6) is 0.520. The zero-order valence-electron chi connectivity index (χ0n) is 11.6. The summed E-state index contributed by atoms with van der Waals surface area (Å²) >= 11 is 0. The molecule has 0 aromatic heterocycles. The molecule has 2 rings (SSSR count). The van der Waals surface area contributed by atoms with E-state index in [1.165, 1.54) is 7.11 Å². The molecule has 7 nitrogen and oxygen atoms in total. The lowest BCUT2D eigenvalue weighted by Crippen LogP contribution is -2.19. The van der Waals surface area contributed by atoms with Crippen LogP contribution >= 0.6 is 0 Å². The van der Waals surface area contributed by atoms with Gasteiger partial charge in [-0.05, 0) is 18.6 Å². The third-order valence-corrected chi connectivity index (χ3v) is 4.21. The number of methoxy groups -OCH3 is 1. The van der Waals surface area contributed by atoms with Gasteiger partial charge in [0.05, 0.1) is 18.6 Å². The Balaban J connectivity index is 1.95. The average molecular weight is 315 g/mol. The number of carbonyl (C=O) groups excluding carboxylic acids is 1. The van der Waals surface area contributed by atoms with Gasteiger partial charge in [-0.2, -0.15) is 0 Å². The molecule has 0 aliphatic carbocycles. The molecule has 0 saturated carbocycles. The van der Waals surface area contributed by atoms with Gasteiger partial charge in [0, 0.05) is 12.5 Å². The Hall–Kier alpha value is -1.96. The molecule has 0 fully saturated rings. The van der Waals surface area contributed by atoms with Gasteiger partial charge in [0.1, 0.15) is 13.2 Å². The van der Waals surface area contributed by atoms with E-state index in [-0.39, 0.29) is 18.6 Å². The van der Waals surface area contributed by atoms with Crippen LogP contribution in [0.4, 0.5) is 5.69 Å². The fourth-order valence-corrected chi connectivity index (χ4v) is 2.96. The summed E-state index contributed by atoms with van der Waals surface area (Å²) in [5, 5.41) is 0. The second-order valence-corrected chi connectivity index (χ2v) is 6.30. The fraction of sp³-hybridized carbons (Fsp3) is 0.462. The Morgan fingerprint density at radius 3 is 2.71 bits per heavy atom. The van der Waals surface area contributed by atoms with Crippen LogP contribution in [0.2, 0.25) is 0 Å². The molecule has 1 N–H and O–H groups in total. The molecule has 0 spiro atoms. The summed E-state index contributed by atoms with van der Waals surface area (Å²) in [5.41, 5.74) is 0.400. The SMILES string of the molecule is COC(=O)CCCS(=O)(=O)Nc1ccc2c(c1)OCCO2. The average Bonchev–Trinajstić information content (AvgIpc) is 2.46. The molecule has 0 atom stereocenters. The zero-order valence-corrected chi connectivity index (χ0v) is 12.4. The van der Waals surface area contributed by atoms with Crippen LogP contribution < -0.4 is 14.2 Å². The lowest BCUT2D eigenvalue weighted by Gasteiger charge is -2.19. The number of ether oxygens (including phenoxy) is 3. The fourth-order valence-electron chi connectivity index (χ4n) is 1.85. The molecule has 0 unspecified atom stereocenters. The number of sulfonamides is 1. The van der Waals surface area contributed by atoms with E-state index >= 15 is 0 Å². The topological polar surface area (TPSA) is 90.9 Å². The molecule has 21 heavy (non-hydrogen) atoms. The predicted molar refractivity (Wildman–Crippen MR) is 76.1 cm³/mol. The van der Waals surface area contributed by atoms with Crippen LogP contribution in [0.15, 0.2) is 18.2 Å². The second-order valence-electron chi connectivity index (χ2n) is 4.46. The minimum absolute atomic E-state index is 0.0680. The summed E-state index contributed by atoms with van der Waals surface area (Å²) < 4.78 is 41.5. The zero-order chi connectivity index (χ0) is 15.3. The summed E-state index contributed by atoms with van der Waals surface area (Å²) in [6.07, 6.45) is 0.269. The van der Waals surface area contributed by atoms with Crippen molar-refractivity contribution in [1.82, 2.24) is 0 Å². The van der Waals surface area contributed by atoms with E-state index in [0.717, 1.165) is 0 Å². The highest BCUT2D eigenvalue weighted by atomic mass is 32.2. The van der Waals surface area contributed by atoms with Crippen LogP contribution in [0.25, 0.3) is 0 Å². The molecule has 0 amide bonds. The summed E-state index contributed by atoms with van der Waals surface area (Å²) in [6, 6.07) is 4.83. The molecule has 0 saturated heterocycles. The predicted octanol–water partition coefficient (Wildman–Crippen LogP) is 1.15. The van der Waals surface area contributed by atoms with Crippen LogP contribution in [-0.4, -0.2) is 40.5 Å². The number of carbonyl (C=O) groups is 1. The third-order valence-electron chi connectivity index (χ3n) is 2.84. The first-order valence-corrected chi connectivity index (χ1v) is 8.12. The lowest BCUT2D eigenvalue weighted by molar-refractivity contribution is -0.140. The van der Waals surface area contributed by atoms with Gasteiger partial charge < -0.3 is 14.2 Å². The standard InChI is InChI=1S/C13H17NO6S/c1-18-13(15)3-2-8-21(16,17)14-10-4-5-11-12(9-10)20-7-6-19-11/h4-5,9,14H,2-3,6-8H2,1H3. The molecular weight excluding hydrogens is 298 g/mol. The largest absolute Gasteiger partial charge is 0.486 e. The highest BCUT2D eigenvalue weighted by Gasteiger charge is 2.15. The maximum atomic E-state index is 11.9. The molecule has 116 valence electrons. The molecular formula is C13H17NO6S. The molecule has 8 heteroatoms. The molecule has 1 aromatic rings. The first-order chi connectivity index (χ1) is 10.00. The van der Waals surface area contributed by atoms with E-state index in [2.05, 4.69) is 9.46 Å². The van der Waals surface area contributed by atoms with Crippen molar-refractivity contribution in [1.29, 1.82) is 0 Å². The smallest absolute Gasteiger partial charge is 0.305 e. The maximum absolute atomic E-state index is 11.9.